The SMILES string of the molecule is C[C@@H](Sc1nnc(-c2ccc(F)cc2)n1C[C@@H]1CCCO1)C(=O)NCc1ccc2c(c1)OCO2. The molecule has 1 fully saturated rings. The summed E-state index contributed by atoms with van der Waals surface area (Å²) in [5.74, 6) is 1.60. The van der Waals surface area contributed by atoms with Gasteiger partial charge in [-0.25, -0.2) is 4.39 Å². The lowest BCUT2D eigenvalue weighted by Gasteiger charge is -2.16. The molecule has 2 aliphatic heterocycles. The molecule has 0 saturated carbocycles. The van der Waals surface area contributed by atoms with E-state index in [0.29, 0.717) is 35.6 Å². The molecule has 2 aliphatic rings. The Hall–Kier alpha value is -3.11. The molecule has 0 unspecified atom stereocenters. The number of carbonyl (C=O) groups excluding carboxylic acids is 1. The summed E-state index contributed by atoms with van der Waals surface area (Å²) in [6, 6.07) is 11.8. The molecule has 0 bridgehead atoms. The highest BCUT2D eigenvalue weighted by atomic mass is 32.2. The monoisotopic (exact) mass is 484 g/mol. The van der Waals surface area contributed by atoms with Crippen LogP contribution in [0.3, 0.4) is 0 Å². The highest BCUT2D eigenvalue weighted by Crippen LogP contribution is 2.33. The molecule has 3 heterocycles. The smallest absolute Gasteiger partial charge is 0.233 e. The molecular formula is C24H25FN4O4S. The third-order valence-electron chi connectivity index (χ3n) is 5.78. The van der Waals surface area contributed by atoms with Crippen molar-refractivity contribution >= 4 is 17.7 Å². The van der Waals surface area contributed by atoms with Crippen molar-refractivity contribution in [3.05, 3.63) is 53.8 Å². The lowest BCUT2D eigenvalue weighted by molar-refractivity contribution is -0.120. The second-order valence-electron chi connectivity index (χ2n) is 8.22. The van der Waals surface area contributed by atoms with E-state index in [2.05, 4.69) is 15.5 Å². The van der Waals surface area contributed by atoms with Gasteiger partial charge in [-0.2, -0.15) is 0 Å². The van der Waals surface area contributed by atoms with Crippen LogP contribution in [0.25, 0.3) is 11.4 Å². The summed E-state index contributed by atoms with van der Waals surface area (Å²) in [7, 11) is 0. The van der Waals surface area contributed by atoms with Crippen molar-refractivity contribution in [2.75, 3.05) is 13.4 Å². The van der Waals surface area contributed by atoms with E-state index in [1.807, 2.05) is 29.7 Å². The maximum Gasteiger partial charge on any atom is 0.233 e. The highest BCUT2D eigenvalue weighted by molar-refractivity contribution is 8.00. The average molecular weight is 485 g/mol. The van der Waals surface area contributed by atoms with Crippen LogP contribution in [0.2, 0.25) is 0 Å². The first kappa shape index (κ1) is 22.7. The lowest BCUT2D eigenvalue weighted by Crippen LogP contribution is -2.30. The van der Waals surface area contributed by atoms with E-state index in [0.717, 1.165) is 30.6 Å². The minimum atomic E-state index is -0.400. The van der Waals surface area contributed by atoms with Crippen LogP contribution in [0.15, 0.2) is 47.6 Å². The number of hydrogen-bond acceptors (Lipinski definition) is 7. The highest BCUT2D eigenvalue weighted by Gasteiger charge is 2.25. The van der Waals surface area contributed by atoms with Crippen LogP contribution in [-0.2, 0) is 22.6 Å². The van der Waals surface area contributed by atoms with Crippen molar-refractivity contribution in [3.8, 4) is 22.9 Å². The van der Waals surface area contributed by atoms with Crippen molar-refractivity contribution in [1.29, 1.82) is 0 Å². The molecule has 1 aromatic heterocycles. The Bertz CT molecular complexity index is 1160. The molecule has 178 valence electrons. The van der Waals surface area contributed by atoms with E-state index in [4.69, 9.17) is 14.2 Å². The molecule has 1 N–H and O–H groups in total. The topological polar surface area (TPSA) is 87.5 Å². The minimum absolute atomic E-state index is 0.0599. The summed E-state index contributed by atoms with van der Waals surface area (Å²) in [5.41, 5.74) is 1.69. The Morgan fingerprint density at radius 2 is 2.03 bits per heavy atom. The quantitative estimate of drug-likeness (QED) is 0.487. The molecule has 34 heavy (non-hydrogen) atoms. The van der Waals surface area contributed by atoms with Crippen LogP contribution in [0.1, 0.15) is 25.3 Å². The van der Waals surface area contributed by atoms with E-state index in [1.54, 1.807) is 12.1 Å². The van der Waals surface area contributed by atoms with Crippen molar-refractivity contribution in [3.63, 3.8) is 0 Å². The molecule has 3 aromatic rings. The largest absolute Gasteiger partial charge is 0.454 e. The van der Waals surface area contributed by atoms with Crippen molar-refractivity contribution in [2.45, 2.75) is 49.4 Å². The summed E-state index contributed by atoms with van der Waals surface area (Å²) in [6.07, 6.45) is 2.03. The van der Waals surface area contributed by atoms with Crippen molar-refractivity contribution in [1.82, 2.24) is 20.1 Å². The first-order chi connectivity index (χ1) is 16.6. The van der Waals surface area contributed by atoms with Gasteiger partial charge in [0.05, 0.1) is 17.9 Å². The Morgan fingerprint density at radius 3 is 2.82 bits per heavy atom. The molecule has 2 atom stereocenters. The van der Waals surface area contributed by atoms with Gasteiger partial charge in [-0.3, -0.25) is 9.36 Å². The van der Waals surface area contributed by atoms with E-state index < -0.39 is 5.25 Å². The van der Waals surface area contributed by atoms with Crippen LogP contribution in [-0.4, -0.2) is 45.4 Å². The Balaban J connectivity index is 1.28. The van der Waals surface area contributed by atoms with Gasteiger partial charge in [0.25, 0.3) is 0 Å². The normalized spacial score (nSPS) is 17.6. The summed E-state index contributed by atoms with van der Waals surface area (Å²) >= 11 is 1.34. The molecule has 5 rings (SSSR count). The zero-order valence-electron chi connectivity index (χ0n) is 18.7. The van der Waals surface area contributed by atoms with E-state index in [-0.39, 0.29) is 24.6 Å². The first-order valence-corrected chi connectivity index (χ1v) is 12.1. The van der Waals surface area contributed by atoms with Crippen molar-refractivity contribution in [2.24, 2.45) is 0 Å². The summed E-state index contributed by atoms with van der Waals surface area (Å²) in [5, 5.41) is 11.9. The van der Waals surface area contributed by atoms with Gasteiger partial charge in [0, 0.05) is 18.7 Å². The van der Waals surface area contributed by atoms with Crippen LogP contribution in [0.4, 0.5) is 4.39 Å². The third-order valence-corrected chi connectivity index (χ3v) is 6.87. The Kier molecular flexibility index (Phi) is 6.68. The van der Waals surface area contributed by atoms with Crippen LogP contribution in [0.5, 0.6) is 11.5 Å². The molecule has 0 radical (unpaired) electrons. The fourth-order valence-electron chi connectivity index (χ4n) is 3.94. The number of rotatable bonds is 8. The molecule has 1 saturated heterocycles. The number of ether oxygens (including phenoxy) is 3. The zero-order chi connectivity index (χ0) is 23.5. The molecule has 10 heteroatoms. The second kappa shape index (κ2) is 10.0. The molecule has 0 aliphatic carbocycles. The van der Waals surface area contributed by atoms with Gasteiger partial charge in [-0.1, -0.05) is 17.8 Å². The molecule has 0 spiro atoms. The number of thioether (sulfide) groups is 1. The maximum absolute atomic E-state index is 13.4. The number of amides is 1. The van der Waals surface area contributed by atoms with Gasteiger partial charge >= 0.3 is 0 Å². The molecule has 1 amide bonds. The van der Waals surface area contributed by atoms with E-state index in [9.17, 15) is 9.18 Å². The standard InChI is InChI=1S/C24H25FN4O4S/c1-15(23(30)26-12-16-4-9-20-21(11-16)33-14-32-20)34-24-28-27-22(17-5-7-18(25)8-6-17)29(24)13-19-3-2-10-31-19/h4-9,11,15,19H,2-3,10,12-14H2,1H3,(H,26,30)/t15-,19+/m1/s1. The summed E-state index contributed by atoms with van der Waals surface area (Å²) in [4.78, 5) is 12.8. The molecule has 8 nitrogen and oxygen atoms in total. The first-order valence-electron chi connectivity index (χ1n) is 11.2. The molecular weight excluding hydrogens is 459 g/mol. The average Bonchev–Trinajstić information content (AvgIpc) is 3.60. The predicted molar refractivity (Wildman–Crippen MR) is 124 cm³/mol. The van der Waals surface area contributed by atoms with Gasteiger partial charge in [0.2, 0.25) is 12.7 Å². The van der Waals surface area contributed by atoms with Gasteiger partial charge < -0.3 is 19.5 Å². The van der Waals surface area contributed by atoms with Crippen LogP contribution in [0, 0.1) is 5.82 Å². The number of benzene rings is 2. The van der Waals surface area contributed by atoms with E-state index >= 15 is 0 Å². The number of carbonyl (C=O) groups is 1. The maximum atomic E-state index is 13.4. The Labute approximate surface area is 200 Å². The minimum Gasteiger partial charge on any atom is -0.454 e. The fourth-order valence-corrected chi connectivity index (χ4v) is 4.82. The number of hydrogen-bond donors (Lipinski definition) is 1. The van der Waals surface area contributed by atoms with Crippen LogP contribution >= 0.6 is 11.8 Å². The lowest BCUT2D eigenvalue weighted by atomic mass is 10.2. The number of aromatic nitrogens is 3. The summed E-state index contributed by atoms with van der Waals surface area (Å²) in [6.45, 7) is 3.74. The Morgan fingerprint density at radius 1 is 1.21 bits per heavy atom. The van der Waals surface area contributed by atoms with Gasteiger partial charge in [0.15, 0.2) is 22.5 Å². The van der Waals surface area contributed by atoms with Gasteiger partial charge in [-0.15, -0.1) is 10.2 Å². The van der Waals surface area contributed by atoms with Crippen LogP contribution < -0.4 is 14.8 Å². The number of fused-ring (bicyclic) bond motifs is 1. The predicted octanol–water partition coefficient (Wildman–Crippen LogP) is 3.79. The van der Waals surface area contributed by atoms with E-state index in [1.165, 1.54) is 23.9 Å². The van der Waals surface area contributed by atoms with Gasteiger partial charge in [0.1, 0.15) is 5.82 Å². The van der Waals surface area contributed by atoms with Crippen molar-refractivity contribution < 1.29 is 23.4 Å². The number of nitrogens with one attached hydrogen (secondary N) is 1. The third kappa shape index (κ3) is 5.02. The second-order valence-corrected chi connectivity index (χ2v) is 9.53. The molecule has 2 aromatic carbocycles. The number of nitrogens with zero attached hydrogens (tertiary/aromatic N) is 3. The summed E-state index contributed by atoms with van der Waals surface area (Å²) < 4.78 is 31.9. The number of halogens is 1. The zero-order valence-corrected chi connectivity index (χ0v) is 19.5. The fraction of sp³-hybridized carbons (Fsp3) is 0.375. The van der Waals surface area contributed by atoms with Gasteiger partial charge in [-0.05, 0) is 61.7 Å².